The predicted octanol–water partition coefficient (Wildman–Crippen LogP) is 2.79. The molecule has 1 saturated carbocycles. The Morgan fingerprint density at radius 2 is 1.81 bits per heavy atom. The van der Waals surface area contributed by atoms with Crippen molar-refractivity contribution >= 4 is 5.91 Å². The van der Waals surface area contributed by atoms with Crippen LogP contribution in [0.3, 0.4) is 0 Å². The number of hydrogen-bond acceptors (Lipinski definition) is 4. The minimum absolute atomic E-state index is 0.0790. The lowest BCUT2D eigenvalue weighted by Gasteiger charge is -2.31. The highest BCUT2D eigenvalue weighted by atomic mass is 16.2. The number of nitrogens with zero attached hydrogens (tertiary/aromatic N) is 4. The van der Waals surface area contributed by atoms with Crippen molar-refractivity contribution in [3.05, 3.63) is 47.8 Å². The molecule has 6 heteroatoms. The molecule has 1 aliphatic heterocycles. The van der Waals surface area contributed by atoms with E-state index in [1.165, 1.54) is 18.4 Å². The lowest BCUT2D eigenvalue weighted by molar-refractivity contribution is 0.0932. The molecule has 0 atom stereocenters. The molecular weight excluding hydrogens is 326 g/mol. The van der Waals surface area contributed by atoms with Crippen LogP contribution in [-0.2, 0) is 6.54 Å². The van der Waals surface area contributed by atoms with Gasteiger partial charge in [0, 0.05) is 25.7 Å². The van der Waals surface area contributed by atoms with Crippen LogP contribution in [0.4, 0.5) is 0 Å². The Hall–Kier alpha value is -2.21. The maximum Gasteiger partial charge on any atom is 0.273 e. The van der Waals surface area contributed by atoms with Crippen molar-refractivity contribution in [2.45, 2.75) is 57.2 Å². The van der Waals surface area contributed by atoms with Gasteiger partial charge in [0.15, 0.2) is 5.69 Å². The fourth-order valence-corrected chi connectivity index (χ4v) is 4.07. The highest BCUT2D eigenvalue weighted by Crippen LogP contribution is 2.23. The van der Waals surface area contributed by atoms with Crippen molar-refractivity contribution in [3.63, 3.8) is 0 Å². The molecule has 2 aromatic rings. The molecule has 0 bridgehead atoms. The number of likely N-dealkylation sites (tertiary alicyclic amines) is 1. The van der Waals surface area contributed by atoms with E-state index in [2.05, 4.69) is 50.9 Å². The predicted molar refractivity (Wildman–Crippen MR) is 99.7 cm³/mol. The lowest BCUT2D eigenvalue weighted by Crippen LogP contribution is -2.34. The second-order valence-electron chi connectivity index (χ2n) is 7.53. The van der Waals surface area contributed by atoms with Gasteiger partial charge in [-0.05, 0) is 31.2 Å². The molecule has 1 aromatic heterocycles. The van der Waals surface area contributed by atoms with Crippen LogP contribution in [0.2, 0.25) is 0 Å². The standard InChI is InChI=1S/C20H27N5O/c26-20(21-17-8-4-5-9-17)19-15-25(23-22-19)18-10-12-24(13-11-18)14-16-6-2-1-3-7-16/h1-3,6-7,15,17-18H,4-5,8-14H2,(H,21,26). The first kappa shape index (κ1) is 17.2. The molecule has 0 spiro atoms. The molecule has 4 rings (SSSR count). The number of piperidine rings is 1. The number of benzene rings is 1. The summed E-state index contributed by atoms with van der Waals surface area (Å²) >= 11 is 0. The Balaban J connectivity index is 1.29. The largest absolute Gasteiger partial charge is 0.348 e. The van der Waals surface area contributed by atoms with Gasteiger partial charge in [0.1, 0.15) is 0 Å². The zero-order valence-corrected chi connectivity index (χ0v) is 15.2. The van der Waals surface area contributed by atoms with Gasteiger partial charge in [0.05, 0.1) is 12.2 Å². The summed E-state index contributed by atoms with van der Waals surface area (Å²) in [6.45, 7) is 3.09. The third-order valence-electron chi connectivity index (χ3n) is 5.61. The molecule has 0 unspecified atom stereocenters. The second kappa shape index (κ2) is 7.99. The molecule has 2 heterocycles. The van der Waals surface area contributed by atoms with Crippen molar-refractivity contribution in [2.24, 2.45) is 0 Å². The molecule has 2 fully saturated rings. The Kier molecular flexibility index (Phi) is 5.29. The van der Waals surface area contributed by atoms with Crippen molar-refractivity contribution < 1.29 is 4.79 Å². The molecule has 1 N–H and O–H groups in total. The summed E-state index contributed by atoms with van der Waals surface area (Å²) in [5.41, 5.74) is 1.81. The second-order valence-corrected chi connectivity index (χ2v) is 7.53. The van der Waals surface area contributed by atoms with Crippen molar-refractivity contribution in [2.75, 3.05) is 13.1 Å². The molecule has 2 aliphatic rings. The van der Waals surface area contributed by atoms with Gasteiger partial charge >= 0.3 is 0 Å². The summed E-state index contributed by atoms with van der Waals surface area (Å²) in [5.74, 6) is -0.0790. The van der Waals surface area contributed by atoms with E-state index >= 15 is 0 Å². The number of rotatable bonds is 5. The van der Waals surface area contributed by atoms with Crippen molar-refractivity contribution in [3.8, 4) is 0 Å². The first-order chi connectivity index (χ1) is 12.8. The van der Waals surface area contributed by atoms with Gasteiger partial charge in [0.2, 0.25) is 0 Å². The minimum Gasteiger partial charge on any atom is -0.348 e. The Labute approximate surface area is 154 Å². The van der Waals surface area contributed by atoms with Crippen LogP contribution in [-0.4, -0.2) is 44.9 Å². The third-order valence-corrected chi connectivity index (χ3v) is 5.61. The van der Waals surface area contributed by atoms with Gasteiger partial charge in [-0.1, -0.05) is 48.4 Å². The molecular formula is C20H27N5O. The Morgan fingerprint density at radius 1 is 1.08 bits per heavy atom. The smallest absolute Gasteiger partial charge is 0.273 e. The van der Waals surface area contributed by atoms with E-state index in [4.69, 9.17) is 0 Å². The number of carbonyl (C=O) groups excluding carboxylic acids is 1. The van der Waals surface area contributed by atoms with Crippen LogP contribution >= 0.6 is 0 Å². The fraction of sp³-hybridized carbons (Fsp3) is 0.550. The molecule has 1 aliphatic carbocycles. The van der Waals surface area contributed by atoms with E-state index in [-0.39, 0.29) is 5.91 Å². The normalized spacial score (nSPS) is 19.7. The Morgan fingerprint density at radius 3 is 2.54 bits per heavy atom. The summed E-state index contributed by atoms with van der Waals surface area (Å²) in [4.78, 5) is 14.8. The zero-order valence-electron chi connectivity index (χ0n) is 15.2. The Bertz CT molecular complexity index is 715. The first-order valence-electron chi connectivity index (χ1n) is 9.77. The average Bonchev–Trinajstić information content (AvgIpc) is 3.35. The van der Waals surface area contributed by atoms with Gasteiger partial charge in [-0.15, -0.1) is 5.10 Å². The van der Waals surface area contributed by atoms with E-state index < -0.39 is 0 Å². The molecule has 1 saturated heterocycles. The molecule has 6 nitrogen and oxygen atoms in total. The number of nitrogens with one attached hydrogen (secondary N) is 1. The summed E-state index contributed by atoms with van der Waals surface area (Å²) < 4.78 is 1.89. The van der Waals surface area contributed by atoms with E-state index in [9.17, 15) is 4.79 Å². The summed E-state index contributed by atoms with van der Waals surface area (Å²) in [7, 11) is 0. The summed E-state index contributed by atoms with van der Waals surface area (Å²) in [6.07, 6.45) is 8.49. The maximum absolute atomic E-state index is 12.3. The van der Waals surface area contributed by atoms with Crippen LogP contribution < -0.4 is 5.32 Å². The number of carbonyl (C=O) groups is 1. The number of amides is 1. The van der Waals surface area contributed by atoms with Crippen molar-refractivity contribution in [1.29, 1.82) is 0 Å². The molecule has 26 heavy (non-hydrogen) atoms. The topological polar surface area (TPSA) is 63.1 Å². The highest BCUT2D eigenvalue weighted by molar-refractivity contribution is 5.92. The molecule has 1 aromatic carbocycles. The van der Waals surface area contributed by atoms with Crippen LogP contribution in [0, 0.1) is 0 Å². The van der Waals surface area contributed by atoms with Gasteiger partial charge in [0.25, 0.3) is 5.91 Å². The summed E-state index contributed by atoms with van der Waals surface area (Å²) in [5, 5.41) is 11.4. The maximum atomic E-state index is 12.3. The van der Waals surface area contributed by atoms with Gasteiger partial charge in [-0.25, -0.2) is 4.68 Å². The molecule has 1 amide bonds. The quantitative estimate of drug-likeness (QED) is 0.898. The van der Waals surface area contributed by atoms with Gasteiger partial charge in [-0.2, -0.15) is 0 Å². The van der Waals surface area contributed by atoms with Crippen LogP contribution in [0.5, 0.6) is 0 Å². The number of hydrogen-bond donors (Lipinski definition) is 1. The average molecular weight is 353 g/mol. The SMILES string of the molecule is O=C(NC1CCCC1)c1cn(C2CCN(Cc3ccccc3)CC2)nn1. The van der Waals surface area contributed by atoms with Crippen molar-refractivity contribution in [1.82, 2.24) is 25.2 Å². The van der Waals surface area contributed by atoms with E-state index in [1.54, 1.807) is 0 Å². The third kappa shape index (κ3) is 4.12. The fourth-order valence-electron chi connectivity index (χ4n) is 4.07. The van der Waals surface area contributed by atoms with Gasteiger partial charge in [-0.3, -0.25) is 9.69 Å². The number of aromatic nitrogens is 3. The summed E-state index contributed by atoms with van der Waals surface area (Å²) in [6, 6.07) is 11.3. The molecule has 0 radical (unpaired) electrons. The lowest BCUT2D eigenvalue weighted by atomic mass is 10.0. The zero-order chi connectivity index (χ0) is 17.8. The van der Waals surface area contributed by atoms with Crippen LogP contribution in [0.15, 0.2) is 36.5 Å². The highest BCUT2D eigenvalue weighted by Gasteiger charge is 2.24. The van der Waals surface area contributed by atoms with Crippen LogP contribution in [0.1, 0.15) is 60.6 Å². The van der Waals surface area contributed by atoms with E-state index in [0.717, 1.165) is 45.3 Å². The molecule has 138 valence electrons. The first-order valence-corrected chi connectivity index (χ1v) is 9.77. The van der Waals surface area contributed by atoms with Gasteiger partial charge < -0.3 is 5.32 Å². The van der Waals surface area contributed by atoms with E-state index in [0.29, 0.717) is 17.8 Å². The minimum atomic E-state index is -0.0790. The monoisotopic (exact) mass is 353 g/mol. The van der Waals surface area contributed by atoms with E-state index in [1.807, 2.05) is 10.9 Å². The van der Waals surface area contributed by atoms with Crippen LogP contribution in [0.25, 0.3) is 0 Å².